The summed E-state index contributed by atoms with van der Waals surface area (Å²) >= 11 is 0. The highest BCUT2D eigenvalue weighted by Gasteiger charge is 2.24. The molecule has 0 aliphatic heterocycles. The minimum absolute atomic E-state index is 0.166. The summed E-state index contributed by atoms with van der Waals surface area (Å²) in [5, 5.41) is 0. The third-order valence-corrected chi connectivity index (χ3v) is 4.40. The summed E-state index contributed by atoms with van der Waals surface area (Å²) in [6, 6.07) is 10.6. The van der Waals surface area contributed by atoms with Gasteiger partial charge in [-0.25, -0.2) is 0 Å². The van der Waals surface area contributed by atoms with E-state index >= 15 is 0 Å². The first-order chi connectivity index (χ1) is 9.59. The molecular formula is C19H30O. The van der Waals surface area contributed by atoms with Gasteiger partial charge in [0.25, 0.3) is 0 Å². The van der Waals surface area contributed by atoms with Crippen LogP contribution in [0.5, 0.6) is 0 Å². The van der Waals surface area contributed by atoms with Crippen LogP contribution in [0.2, 0.25) is 0 Å². The van der Waals surface area contributed by atoms with Gasteiger partial charge in [0.05, 0.1) is 0 Å². The predicted molar refractivity (Wildman–Crippen MR) is 86.9 cm³/mol. The molecule has 0 fully saturated rings. The van der Waals surface area contributed by atoms with Crippen molar-refractivity contribution in [3.05, 3.63) is 35.9 Å². The predicted octanol–water partition coefficient (Wildman–Crippen LogP) is 5.58. The van der Waals surface area contributed by atoms with Gasteiger partial charge in [0.1, 0.15) is 5.78 Å². The monoisotopic (exact) mass is 274 g/mol. The van der Waals surface area contributed by atoms with Crippen molar-refractivity contribution in [2.24, 2.45) is 5.41 Å². The molecule has 0 unspecified atom stereocenters. The van der Waals surface area contributed by atoms with Crippen LogP contribution in [-0.4, -0.2) is 5.78 Å². The molecule has 0 saturated heterocycles. The number of rotatable bonds is 10. The molecule has 0 radical (unpaired) electrons. The highest BCUT2D eigenvalue weighted by Crippen LogP contribution is 2.32. The van der Waals surface area contributed by atoms with Crippen LogP contribution >= 0.6 is 0 Å². The Bertz CT molecular complexity index is 382. The van der Waals surface area contributed by atoms with Crippen molar-refractivity contribution in [1.82, 2.24) is 0 Å². The van der Waals surface area contributed by atoms with Gasteiger partial charge in [0.2, 0.25) is 0 Å². The van der Waals surface area contributed by atoms with Gasteiger partial charge in [-0.1, -0.05) is 70.4 Å². The largest absolute Gasteiger partial charge is 0.300 e. The third-order valence-electron chi connectivity index (χ3n) is 4.40. The lowest BCUT2D eigenvalue weighted by Gasteiger charge is -2.27. The standard InChI is InChI=1S/C19H30O/c1-4-6-8-13-18(20)16-19(3,5-2)15-14-17-11-9-7-10-12-17/h7,9-12H,4-6,8,13-16H2,1-3H3/t19-/m0/s1. The molecule has 0 amide bonds. The molecule has 0 bridgehead atoms. The molecular weight excluding hydrogens is 244 g/mol. The molecule has 0 aliphatic carbocycles. The summed E-state index contributed by atoms with van der Waals surface area (Å²) < 4.78 is 0. The fourth-order valence-electron chi connectivity index (χ4n) is 2.62. The molecule has 1 heteroatoms. The molecule has 1 nitrogen and oxygen atoms in total. The lowest BCUT2D eigenvalue weighted by atomic mass is 9.77. The van der Waals surface area contributed by atoms with Gasteiger partial charge in [-0.15, -0.1) is 0 Å². The average Bonchev–Trinajstić information content (AvgIpc) is 2.46. The van der Waals surface area contributed by atoms with Gasteiger partial charge in [-0.3, -0.25) is 4.79 Å². The van der Waals surface area contributed by atoms with Gasteiger partial charge in [-0.2, -0.15) is 0 Å². The topological polar surface area (TPSA) is 17.1 Å². The number of unbranched alkanes of at least 4 members (excludes halogenated alkanes) is 2. The van der Waals surface area contributed by atoms with Crippen LogP contribution in [0.3, 0.4) is 0 Å². The van der Waals surface area contributed by atoms with Crippen molar-refractivity contribution in [1.29, 1.82) is 0 Å². The van der Waals surface area contributed by atoms with Crippen molar-refractivity contribution >= 4 is 5.78 Å². The first-order valence-electron chi connectivity index (χ1n) is 8.15. The maximum atomic E-state index is 12.1. The average molecular weight is 274 g/mol. The van der Waals surface area contributed by atoms with E-state index in [2.05, 4.69) is 51.1 Å². The molecule has 1 aromatic carbocycles. The Morgan fingerprint density at radius 3 is 2.40 bits per heavy atom. The van der Waals surface area contributed by atoms with Crippen molar-refractivity contribution in [2.45, 2.75) is 72.1 Å². The Morgan fingerprint density at radius 1 is 1.10 bits per heavy atom. The molecule has 0 aliphatic rings. The Kier molecular flexibility index (Phi) is 7.58. The van der Waals surface area contributed by atoms with Crippen LogP contribution in [0.1, 0.15) is 71.3 Å². The molecule has 1 rings (SSSR count). The van der Waals surface area contributed by atoms with E-state index < -0.39 is 0 Å². The van der Waals surface area contributed by atoms with Gasteiger partial charge in [0.15, 0.2) is 0 Å². The van der Waals surface area contributed by atoms with Crippen LogP contribution in [0.15, 0.2) is 30.3 Å². The molecule has 0 saturated carbocycles. The van der Waals surface area contributed by atoms with Crippen molar-refractivity contribution in [2.75, 3.05) is 0 Å². The van der Waals surface area contributed by atoms with E-state index in [4.69, 9.17) is 0 Å². The molecule has 0 aromatic heterocycles. The van der Waals surface area contributed by atoms with Crippen LogP contribution in [0.4, 0.5) is 0 Å². The Labute approximate surface area is 124 Å². The van der Waals surface area contributed by atoms with Gasteiger partial charge < -0.3 is 0 Å². The molecule has 0 heterocycles. The second-order valence-electron chi connectivity index (χ2n) is 6.32. The first-order valence-corrected chi connectivity index (χ1v) is 8.15. The quantitative estimate of drug-likeness (QED) is 0.509. The maximum Gasteiger partial charge on any atom is 0.133 e. The lowest BCUT2D eigenvalue weighted by Crippen LogP contribution is -2.21. The van der Waals surface area contributed by atoms with Crippen LogP contribution < -0.4 is 0 Å². The van der Waals surface area contributed by atoms with E-state index in [0.29, 0.717) is 5.78 Å². The number of benzene rings is 1. The van der Waals surface area contributed by atoms with Crippen molar-refractivity contribution < 1.29 is 4.79 Å². The zero-order valence-electron chi connectivity index (χ0n) is 13.5. The second-order valence-corrected chi connectivity index (χ2v) is 6.32. The molecule has 112 valence electrons. The summed E-state index contributed by atoms with van der Waals surface area (Å²) in [7, 11) is 0. The molecule has 1 atom stereocenters. The summed E-state index contributed by atoms with van der Waals surface area (Å²) in [5.41, 5.74) is 1.55. The number of hydrogen-bond acceptors (Lipinski definition) is 1. The summed E-state index contributed by atoms with van der Waals surface area (Å²) in [6.07, 6.45) is 8.22. The Balaban J connectivity index is 2.43. The number of hydrogen-bond donors (Lipinski definition) is 0. The van der Waals surface area contributed by atoms with E-state index in [9.17, 15) is 4.79 Å². The highest BCUT2D eigenvalue weighted by molar-refractivity contribution is 5.79. The smallest absolute Gasteiger partial charge is 0.133 e. The zero-order valence-corrected chi connectivity index (χ0v) is 13.5. The minimum atomic E-state index is 0.166. The van der Waals surface area contributed by atoms with E-state index in [-0.39, 0.29) is 5.41 Å². The normalized spacial score (nSPS) is 13.9. The minimum Gasteiger partial charge on any atom is -0.300 e. The van der Waals surface area contributed by atoms with Gasteiger partial charge in [0, 0.05) is 12.8 Å². The Morgan fingerprint density at radius 2 is 1.80 bits per heavy atom. The number of carbonyl (C=O) groups is 1. The van der Waals surface area contributed by atoms with Gasteiger partial charge in [-0.05, 0) is 30.2 Å². The molecule has 0 N–H and O–H groups in total. The number of aryl methyl sites for hydroxylation is 1. The summed E-state index contributed by atoms with van der Waals surface area (Å²) in [6.45, 7) is 6.67. The third kappa shape index (κ3) is 6.36. The van der Waals surface area contributed by atoms with Crippen LogP contribution in [0, 0.1) is 5.41 Å². The van der Waals surface area contributed by atoms with Gasteiger partial charge >= 0.3 is 0 Å². The zero-order chi connectivity index (χ0) is 14.8. The maximum absolute atomic E-state index is 12.1. The lowest BCUT2D eigenvalue weighted by molar-refractivity contribution is -0.121. The van der Waals surface area contributed by atoms with E-state index in [0.717, 1.165) is 38.5 Å². The number of Topliss-reactive ketones (excluding diaryl/α,β-unsaturated/α-hetero) is 1. The first kappa shape index (κ1) is 16.9. The van der Waals surface area contributed by atoms with E-state index in [1.165, 1.54) is 18.4 Å². The highest BCUT2D eigenvalue weighted by atomic mass is 16.1. The SMILES string of the molecule is CCCCCC(=O)C[C@@](C)(CC)CCc1ccccc1. The molecule has 0 spiro atoms. The van der Waals surface area contributed by atoms with Crippen LogP contribution in [0.25, 0.3) is 0 Å². The molecule has 20 heavy (non-hydrogen) atoms. The fourth-order valence-corrected chi connectivity index (χ4v) is 2.62. The molecule has 1 aromatic rings. The van der Waals surface area contributed by atoms with E-state index in [1.54, 1.807) is 0 Å². The number of carbonyl (C=O) groups excluding carboxylic acids is 1. The second kappa shape index (κ2) is 8.94. The number of ketones is 1. The fraction of sp³-hybridized carbons (Fsp3) is 0.632. The Hall–Kier alpha value is -1.11. The van der Waals surface area contributed by atoms with Crippen molar-refractivity contribution in [3.8, 4) is 0 Å². The van der Waals surface area contributed by atoms with Crippen LogP contribution in [-0.2, 0) is 11.2 Å². The summed E-state index contributed by atoms with van der Waals surface area (Å²) in [5.74, 6) is 0.455. The van der Waals surface area contributed by atoms with E-state index in [1.807, 2.05) is 0 Å². The van der Waals surface area contributed by atoms with Crippen molar-refractivity contribution in [3.63, 3.8) is 0 Å². The summed E-state index contributed by atoms with van der Waals surface area (Å²) in [4.78, 5) is 12.1.